The van der Waals surface area contributed by atoms with Gasteiger partial charge in [0, 0.05) is 12.2 Å². The molecule has 0 amide bonds. The predicted molar refractivity (Wildman–Crippen MR) is 105 cm³/mol. The van der Waals surface area contributed by atoms with Crippen LogP contribution in [0.15, 0.2) is 48.8 Å². The summed E-state index contributed by atoms with van der Waals surface area (Å²) in [7, 11) is 1.82. The quantitative estimate of drug-likeness (QED) is 0.658. The van der Waals surface area contributed by atoms with Crippen LogP contribution in [0.25, 0.3) is 6.08 Å². The second-order valence-electron chi connectivity index (χ2n) is 6.39. The Balaban J connectivity index is 1.86. The Morgan fingerprint density at radius 3 is 2.81 bits per heavy atom. The molecule has 0 aliphatic rings. The molecule has 0 saturated carbocycles. The summed E-state index contributed by atoms with van der Waals surface area (Å²) in [6.45, 7) is 4.17. The van der Waals surface area contributed by atoms with E-state index in [0.29, 0.717) is 12.0 Å². The molecule has 0 radical (unpaired) electrons. The fraction of sp³-hybridized carbons (Fsp3) is 0.333. The molecule has 2 aromatic rings. The lowest BCUT2D eigenvalue weighted by Crippen LogP contribution is -2.30. The fourth-order valence-electron chi connectivity index (χ4n) is 2.39. The fourth-order valence-corrected chi connectivity index (χ4v) is 2.39. The number of pyridine rings is 1. The van der Waals surface area contributed by atoms with Gasteiger partial charge in [-0.25, -0.2) is 4.79 Å². The SMILES string of the molecule is CN[C@H](C/C=C/c1cncc(OC(C)C)c1)COC(=O)c1cccc(O)c1. The van der Waals surface area contributed by atoms with Crippen molar-refractivity contribution in [2.24, 2.45) is 0 Å². The van der Waals surface area contributed by atoms with Crippen molar-refractivity contribution in [3.05, 3.63) is 59.9 Å². The lowest BCUT2D eigenvalue weighted by molar-refractivity contribution is 0.0469. The van der Waals surface area contributed by atoms with E-state index in [1.54, 1.807) is 24.5 Å². The third kappa shape index (κ3) is 7.11. The van der Waals surface area contributed by atoms with Gasteiger partial charge in [0.25, 0.3) is 0 Å². The number of benzene rings is 1. The maximum Gasteiger partial charge on any atom is 0.338 e. The topological polar surface area (TPSA) is 80.7 Å². The monoisotopic (exact) mass is 370 g/mol. The number of aromatic nitrogens is 1. The van der Waals surface area contributed by atoms with Gasteiger partial charge in [-0.1, -0.05) is 18.2 Å². The molecule has 0 fully saturated rings. The Bertz CT molecular complexity index is 774. The van der Waals surface area contributed by atoms with Crippen molar-refractivity contribution in [1.29, 1.82) is 0 Å². The van der Waals surface area contributed by atoms with E-state index in [4.69, 9.17) is 9.47 Å². The number of carbonyl (C=O) groups is 1. The average Bonchev–Trinajstić information content (AvgIpc) is 2.64. The number of ether oxygens (including phenoxy) is 2. The highest BCUT2D eigenvalue weighted by atomic mass is 16.5. The molecule has 0 unspecified atom stereocenters. The summed E-state index contributed by atoms with van der Waals surface area (Å²) in [5.74, 6) is 0.310. The van der Waals surface area contributed by atoms with Crippen molar-refractivity contribution >= 4 is 12.0 Å². The number of nitrogens with zero attached hydrogens (tertiary/aromatic N) is 1. The zero-order valence-corrected chi connectivity index (χ0v) is 15.9. The summed E-state index contributed by atoms with van der Waals surface area (Å²) >= 11 is 0. The van der Waals surface area contributed by atoms with Gasteiger partial charge in [-0.3, -0.25) is 4.98 Å². The zero-order valence-electron chi connectivity index (χ0n) is 15.9. The van der Waals surface area contributed by atoms with Gasteiger partial charge >= 0.3 is 5.97 Å². The molecule has 6 heteroatoms. The lowest BCUT2D eigenvalue weighted by Gasteiger charge is -2.14. The molecular weight excluding hydrogens is 344 g/mol. The molecule has 0 spiro atoms. The van der Waals surface area contributed by atoms with Crippen molar-refractivity contribution < 1.29 is 19.4 Å². The highest BCUT2D eigenvalue weighted by molar-refractivity contribution is 5.89. The van der Waals surface area contributed by atoms with Gasteiger partial charge in [0.15, 0.2) is 0 Å². The van der Waals surface area contributed by atoms with Crippen LogP contribution >= 0.6 is 0 Å². The maximum atomic E-state index is 12.0. The first-order valence-corrected chi connectivity index (χ1v) is 8.89. The predicted octanol–water partition coefficient (Wildman–Crippen LogP) is 3.42. The van der Waals surface area contributed by atoms with Gasteiger partial charge < -0.3 is 19.9 Å². The van der Waals surface area contributed by atoms with Crippen LogP contribution in [0, 0.1) is 0 Å². The molecule has 1 heterocycles. The average molecular weight is 370 g/mol. The minimum absolute atomic E-state index is 0.0226. The first kappa shape index (κ1) is 20.5. The first-order valence-electron chi connectivity index (χ1n) is 8.89. The summed E-state index contributed by atoms with van der Waals surface area (Å²) in [4.78, 5) is 16.2. The molecule has 1 aromatic heterocycles. The van der Waals surface area contributed by atoms with Crippen molar-refractivity contribution in [2.75, 3.05) is 13.7 Å². The van der Waals surface area contributed by atoms with Crippen LogP contribution < -0.4 is 10.1 Å². The molecule has 1 aromatic carbocycles. The van der Waals surface area contributed by atoms with Gasteiger partial charge in [-0.15, -0.1) is 0 Å². The molecule has 0 bridgehead atoms. The largest absolute Gasteiger partial charge is 0.508 e. The number of hydrogen-bond acceptors (Lipinski definition) is 6. The van der Waals surface area contributed by atoms with Gasteiger partial charge in [-0.2, -0.15) is 0 Å². The second-order valence-corrected chi connectivity index (χ2v) is 6.39. The smallest absolute Gasteiger partial charge is 0.338 e. The molecule has 2 rings (SSSR count). The Morgan fingerprint density at radius 2 is 2.11 bits per heavy atom. The van der Waals surface area contributed by atoms with E-state index in [-0.39, 0.29) is 24.5 Å². The standard InChI is InChI=1S/C21H26N2O4/c1-15(2)27-20-10-16(12-23-13-20)6-4-8-18(22-3)14-26-21(25)17-7-5-9-19(24)11-17/h4-7,9-13,15,18,22,24H,8,14H2,1-3H3/b6-4+/t18-/m1/s1. The minimum Gasteiger partial charge on any atom is -0.508 e. The molecule has 27 heavy (non-hydrogen) atoms. The number of hydrogen-bond donors (Lipinski definition) is 2. The summed E-state index contributed by atoms with van der Waals surface area (Å²) in [5, 5.41) is 12.6. The van der Waals surface area contributed by atoms with Crippen molar-refractivity contribution in [2.45, 2.75) is 32.4 Å². The Labute approximate surface area is 159 Å². The number of phenols is 1. The number of rotatable bonds is 9. The van der Waals surface area contributed by atoms with E-state index in [1.807, 2.05) is 39.1 Å². The maximum absolute atomic E-state index is 12.0. The molecule has 0 saturated heterocycles. The highest BCUT2D eigenvalue weighted by Gasteiger charge is 2.11. The van der Waals surface area contributed by atoms with E-state index in [1.165, 1.54) is 12.1 Å². The summed E-state index contributed by atoms with van der Waals surface area (Å²) < 4.78 is 11.0. The number of esters is 1. The number of phenolic OH excluding ortho intramolecular Hbond substituents is 1. The van der Waals surface area contributed by atoms with E-state index in [2.05, 4.69) is 10.3 Å². The molecular formula is C21H26N2O4. The Morgan fingerprint density at radius 1 is 1.30 bits per heavy atom. The molecule has 0 aliphatic carbocycles. The zero-order chi connectivity index (χ0) is 19.6. The van der Waals surface area contributed by atoms with Crippen LogP contribution in [0.1, 0.15) is 36.2 Å². The van der Waals surface area contributed by atoms with E-state index < -0.39 is 5.97 Å². The van der Waals surface area contributed by atoms with Crippen LogP contribution in [0.3, 0.4) is 0 Å². The molecule has 0 aliphatic heterocycles. The van der Waals surface area contributed by atoms with Gasteiger partial charge in [0.2, 0.25) is 0 Å². The van der Waals surface area contributed by atoms with Crippen LogP contribution in [0.4, 0.5) is 0 Å². The lowest BCUT2D eigenvalue weighted by atomic mass is 10.1. The summed E-state index contributed by atoms with van der Waals surface area (Å²) in [6.07, 6.45) is 8.19. The summed E-state index contributed by atoms with van der Waals surface area (Å²) in [5.41, 5.74) is 1.27. The Hall–Kier alpha value is -2.86. The van der Waals surface area contributed by atoms with Crippen LogP contribution in [-0.2, 0) is 4.74 Å². The third-order valence-electron chi connectivity index (χ3n) is 3.74. The first-order chi connectivity index (χ1) is 13.0. The van der Waals surface area contributed by atoms with Crippen LogP contribution in [0.2, 0.25) is 0 Å². The molecule has 6 nitrogen and oxygen atoms in total. The van der Waals surface area contributed by atoms with Crippen molar-refractivity contribution in [3.8, 4) is 11.5 Å². The van der Waals surface area contributed by atoms with Crippen LogP contribution in [-0.4, -0.2) is 41.9 Å². The molecule has 144 valence electrons. The van der Waals surface area contributed by atoms with E-state index in [9.17, 15) is 9.90 Å². The number of carbonyl (C=O) groups excluding carboxylic acids is 1. The number of nitrogens with one attached hydrogen (secondary N) is 1. The van der Waals surface area contributed by atoms with Gasteiger partial charge in [0.05, 0.1) is 17.9 Å². The van der Waals surface area contributed by atoms with Gasteiger partial charge in [-0.05, 0) is 57.1 Å². The molecule has 1 atom stereocenters. The van der Waals surface area contributed by atoms with Crippen molar-refractivity contribution in [1.82, 2.24) is 10.3 Å². The molecule has 2 N–H and O–H groups in total. The third-order valence-corrected chi connectivity index (χ3v) is 3.74. The Kier molecular flexibility index (Phi) is 7.82. The van der Waals surface area contributed by atoms with Crippen molar-refractivity contribution in [3.63, 3.8) is 0 Å². The van der Waals surface area contributed by atoms with Gasteiger partial charge in [0.1, 0.15) is 18.1 Å². The number of likely N-dealkylation sites (N-methyl/N-ethyl adjacent to an activating group) is 1. The van der Waals surface area contributed by atoms with E-state index in [0.717, 1.165) is 11.3 Å². The second kappa shape index (κ2) is 10.3. The number of aromatic hydroxyl groups is 1. The normalized spacial score (nSPS) is 12.3. The summed E-state index contributed by atoms with van der Waals surface area (Å²) in [6, 6.07) is 8.01. The van der Waals surface area contributed by atoms with Crippen LogP contribution in [0.5, 0.6) is 11.5 Å². The highest BCUT2D eigenvalue weighted by Crippen LogP contribution is 2.15. The minimum atomic E-state index is -0.460. The van der Waals surface area contributed by atoms with E-state index >= 15 is 0 Å².